The van der Waals surface area contributed by atoms with Crippen molar-refractivity contribution < 1.29 is 24.9 Å². The van der Waals surface area contributed by atoms with Gasteiger partial charge < -0.3 is 20.6 Å². The lowest BCUT2D eigenvalue weighted by Crippen LogP contribution is -2.41. The highest BCUT2D eigenvalue weighted by Gasteiger charge is 2.21. The van der Waals surface area contributed by atoms with Gasteiger partial charge in [0.2, 0.25) is 0 Å². The molecule has 0 saturated carbocycles. The first-order valence-electron chi connectivity index (χ1n) is 5.08. The lowest BCUT2D eigenvalue weighted by molar-refractivity contribution is -0.139. The highest BCUT2D eigenvalue weighted by atomic mass is 35.5. The van der Waals surface area contributed by atoms with Crippen LogP contribution < -0.4 is 5.32 Å². The third-order valence-corrected chi connectivity index (χ3v) is 2.55. The largest absolute Gasteiger partial charge is 0.508 e. The van der Waals surface area contributed by atoms with Gasteiger partial charge in [0.15, 0.2) is 0 Å². The van der Waals surface area contributed by atoms with Crippen LogP contribution in [0.2, 0.25) is 5.02 Å². The number of phenolic OH excluding ortho intramolecular Hbond substituents is 1. The Labute approximate surface area is 108 Å². The van der Waals surface area contributed by atoms with Crippen LogP contribution >= 0.6 is 11.6 Å². The van der Waals surface area contributed by atoms with E-state index in [1.165, 1.54) is 12.1 Å². The highest BCUT2D eigenvalue weighted by Crippen LogP contribution is 2.21. The van der Waals surface area contributed by atoms with E-state index in [2.05, 4.69) is 5.32 Å². The molecule has 0 aliphatic heterocycles. The van der Waals surface area contributed by atoms with E-state index >= 15 is 0 Å². The molecule has 18 heavy (non-hydrogen) atoms. The monoisotopic (exact) mass is 273 g/mol. The van der Waals surface area contributed by atoms with Crippen LogP contribution in [0.4, 0.5) is 0 Å². The molecule has 7 heteroatoms. The molecule has 1 rings (SSSR count). The van der Waals surface area contributed by atoms with Crippen molar-refractivity contribution in [3.63, 3.8) is 0 Å². The Morgan fingerprint density at radius 3 is 2.61 bits per heavy atom. The second-order valence-corrected chi connectivity index (χ2v) is 3.95. The number of halogens is 1. The maximum Gasteiger partial charge on any atom is 0.326 e. The Bertz CT molecular complexity index is 463. The Hall–Kier alpha value is -1.79. The van der Waals surface area contributed by atoms with E-state index in [0.29, 0.717) is 0 Å². The zero-order valence-electron chi connectivity index (χ0n) is 9.26. The Morgan fingerprint density at radius 1 is 1.39 bits per heavy atom. The van der Waals surface area contributed by atoms with E-state index in [-0.39, 0.29) is 29.4 Å². The number of benzene rings is 1. The molecule has 0 aliphatic carbocycles. The van der Waals surface area contributed by atoms with Gasteiger partial charge in [-0.2, -0.15) is 0 Å². The van der Waals surface area contributed by atoms with Gasteiger partial charge in [0, 0.05) is 13.0 Å². The van der Waals surface area contributed by atoms with Gasteiger partial charge in [0.25, 0.3) is 5.91 Å². The number of aliphatic hydroxyl groups is 1. The molecule has 0 fully saturated rings. The first-order valence-corrected chi connectivity index (χ1v) is 5.46. The molecule has 0 spiro atoms. The molecular formula is C11H12ClNO5. The van der Waals surface area contributed by atoms with Crippen molar-refractivity contribution >= 4 is 23.5 Å². The summed E-state index contributed by atoms with van der Waals surface area (Å²) in [5.74, 6) is -2.14. The van der Waals surface area contributed by atoms with Crippen LogP contribution in [0.3, 0.4) is 0 Å². The number of aliphatic hydroxyl groups excluding tert-OH is 1. The van der Waals surface area contributed by atoms with Crippen LogP contribution in [0.25, 0.3) is 0 Å². The van der Waals surface area contributed by atoms with Gasteiger partial charge in [-0.3, -0.25) is 4.79 Å². The second-order valence-electron chi connectivity index (χ2n) is 3.54. The van der Waals surface area contributed by atoms with Crippen LogP contribution in [0.5, 0.6) is 5.75 Å². The number of aromatic hydroxyl groups is 1. The molecule has 98 valence electrons. The number of amides is 1. The van der Waals surface area contributed by atoms with E-state index < -0.39 is 17.9 Å². The maximum absolute atomic E-state index is 11.8. The second kappa shape index (κ2) is 6.23. The fraction of sp³-hybridized carbons (Fsp3) is 0.273. The maximum atomic E-state index is 11.8. The molecule has 6 nitrogen and oxygen atoms in total. The van der Waals surface area contributed by atoms with Crippen molar-refractivity contribution in [1.82, 2.24) is 5.32 Å². The number of carbonyl (C=O) groups excluding carboxylic acids is 1. The molecule has 0 unspecified atom stereocenters. The zero-order valence-corrected chi connectivity index (χ0v) is 10.0. The van der Waals surface area contributed by atoms with Crippen molar-refractivity contribution in [3.8, 4) is 5.75 Å². The fourth-order valence-corrected chi connectivity index (χ4v) is 1.51. The first-order chi connectivity index (χ1) is 8.45. The predicted octanol–water partition coefficient (Wildman–Crippen LogP) is 0.611. The number of aliphatic carboxylic acids is 1. The number of phenols is 1. The normalized spacial score (nSPS) is 11.9. The molecule has 1 aromatic carbocycles. The summed E-state index contributed by atoms with van der Waals surface area (Å²) in [6, 6.07) is 2.56. The summed E-state index contributed by atoms with van der Waals surface area (Å²) in [7, 11) is 0. The van der Waals surface area contributed by atoms with Gasteiger partial charge >= 0.3 is 5.97 Å². The molecule has 0 aromatic heterocycles. The predicted molar refractivity (Wildman–Crippen MR) is 63.7 cm³/mol. The minimum absolute atomic E-state index is 0.0270. The number of carboxylic acid groups (broad SMARTS) is 1. The van der Waals surface area contributed by atoms with Crippen molar-refractivity contribution in [3.05, 3.63) is 28.8 Å². The van der Waals surface area contributed by atoms with Crippen LogP contribution in [0, 0.1) is 0 Å². The van der Waals surface area contributed by atoms with Gasteiger partial charge in [0.05, 0.1) is 10.6 Å². The van der Waals surface area contributed by atoms with E-state index in [1.54, 1.807) is 0 Å². The summed E-state index contributed by atoms with van der Waals surface area (Å²) in [6.45, 7) is -0.370. The number of hydrogen-bond donors (Lipinski definition) is 4. The highest BCUT2D eigenvalue weighted by molar-refractivity contribution is 6.33. The minimum atomic E-state index is -1.26. The summed E-state index contributed by atoms with van der Waals surface area (Å²) >= 11 is 5.76. The molecule has 0 radical (unpaired) electrons. The quantitative estimate of drug-likeness (QED) is 0.629. The molecule has 0 saturated heterocycles. The van der Waals surface area contributed by atoms with Gasteiger partial charge in [0.1, 0.15) is 11.8 Å². The lowest BCUT2D eigenvalue weighted by atomic mass is 10.1. The smallest absolute Gasteiger partial charge is 0.326 e. The summed E-state index contributed by atoms with van der Waals surface area (Å²) in [4.78, 5) is 22.6. The van der Waals surface area contributed by atoms with E-state index in [9.17, 15) is 14.7 Å². The molecule has 1 atom stereocenters. The molecular weight excluding hydrogens is 262 g/mol. The molecule has 1 aromatic rings. The van der Waals surface area contributed by atoms with Crippen LogP contribution in [-0.2, 0) is 4.79 Å². The number of carboxylic acids is 1. The van der Waals surface area contributed by atoms with Gasteiger partial charge in [-0.25, -0.2) is 4.79 Å². The van der Waals surface area contributed by atoms with Crippen LogP contribution in [-0.4, -0.2) is 39.8 Å². The summed E-state index contributed by atoms with van der Waals surface area (Å²) < 4.78 is 0. The Morgan fingerprint density at radius 2 is 2.06 bits per heavy atom. The topological polar surface area (TPSA) is 107 Å². The zero-order chi connectivity index (χ0) is 13.7. The lowest BCUT2D eigenvalue weighted by Gasteiger charge is -2.13. The molecule has 0 heterocycles. The van der Waals surface area contributed by atoms with Gasteiger partial charge in [-0.1, -0.05) is 11.6 Å². The molecule has 4 N–H and O–H groups in total. The molecule has 0 bridgehead atoms. The van der Waals surface area contributed by atoms with Crippen LogP contribution in [0.15, 0.2) is 18.2 Å². The number of rotatable bonds is 5. The van der Waals surface area contributed by atoms with E-state index in [1.807, 2.05) is 0 Å². The fourth-order valence-electron chi connectivity index (χ4n) is 1.31. The summed E-state index contributed by atoms with van der Waals surface area (Å²) in [6.07, 6.45) is -0.114. The molecule has 0 aliphatic rings. The summed E-state index contributed by atoms with van der Waals surface area (Å²) in [5, 5.41) is 29.0. The average Bonchev–Trinajstić information content (AvgIpc) is 2.31. The summed E-state index contributed by atoms with van der Waals surface area (Å²) in [5.41, 5.74) is -0.0270. The van der Waals surface area contributed by atoms with Crippen molar-refractivity contribution in [2.24, 2.45) is 0 Å². The number of hydrogen-bond acceptors (Lipinski definition) is 4. The van der Waals surface area contributed by atoms with Crippen LogP contribution in [0.1, 0.15) is 16.8 Å². The van der Waals surface area contributed by atoms with Crippen molar-refractivity contribution in [2.75, 3.05) is 6.61 Å². The van der Waals surface area contributed by atoms with Gasteiger partial charge in [-0.15, -0.1) is 0 Å². The first kappa shape index (κ1) is 14.3. The number of nitrogens with one attached hydrogen (secondary N) is 1. The Kier molecular flexibility index (Phi) is 4.94. The standard InChI is InChI=1S/C11H12ClNO5/c12-8-2-1-6(15)5-7(8)10(16)13-9(3-4-14)11(17)18/h1-2,5,9,14-15H,3-4H2,(H,13,16)(H,17,18)/t9-/m0/s1. The van der Waals surface area contributed by atoms with Crippen molar-refractivity contribution in [1.29, 1.82) is 0 Å². The van der Waals surface area contributed by atoms with Crippen molar-refractivity contribution in [2.45, 2.75) is 12.5 Å². The van der Waals surface area contributed by atoms with E-state index in [4.69, 9.17) is 21.8 Å². The third kappa shape index (κ3) is 3.61. The van der Waals surface area contributed by atoms with E-state index in [0.717, 1.165) is 6.07 Å². The minimum Gasteiger partial charge on any atom is -0.508 e. The third-order valence-electron chi connectivity index (χ3n) is 2.22. The SMILES string of the molecule is O=C(N[C@@H](CCO)C(=O)O)c1cc(O)ccc1Cl. The van der Waals surface area contributed by atoms with Gasteiger partial charge in [-0.05, 0) is 18.2 Å². The average molecular weight is 274 g/mol. The Balaban J connectivity index is 2.86. The number of carbonyl (C=O) groups is 2. The molecule has 1 amide bonds.